The van der Waals surface area contributed by atoms with Crippen molar-refractivity contribution in [3.8, 4) is 10.6 Å². The van der Waals surface area contributed by atoms with Crippen LogP contribution >= 0.6 is 11.3 Å². The Morgan fingerprint density at radius 1 is 1.09 bits per heavy atom. The molecule has 0 spiro atoms. The minimum absolute atomic E-state index is 0.339. The van der Waals surface area contributed by atoms with Crippen LogP contribution < -0.4 is 5.63 Å². The fourth-order valence-electron chi connectivity index (χ4n) is 2.78. The highest BCUT2D eigenvalue weighted by Gasteiger charge is 2.14. The number of aryl methyl sites for hydroxylation is 2. The molecule has 4 rings (SSSR count). The molecule has 0 atom stereocenters. The van der Waals surface area contributed by atoms with E-state index in [0.717, 1.165) is 37.3 Å². The molecule has 0 aliphatic rings. The molecule has 108 valence electrons. The lowest BCUT2D eigenvalue weighted by molar-refractivity contribution is 0.559. The lowest BCUT2D eigenvalue weighted by Crippen LogP contribution is -1.99. The molecule has 0 radical (unpaired) electrons. The Balaban J connectivity index is 2.11. The number of benzene rings is 2. The zero-order valence-electron chi connectivity index (χ0n) is 12.2. The molecule has 2 heterocycles. The molecule has 2 aromatic carbocycles. The van der Waals surface area contributed by atoms with Crippen LogP contribution in [0.5, 0.6) is 0 Å². The van der Waals surface area contributed by atoms with Crippen molar-refractivity contribution in [2.45, 2.75) is 13.8 Å². The van der Waals surface area contributed by atoms with E-state index in [4.69, 9.17) is 4.42 Å². The molecule has 3 nitrogen and oxygen atoms in total. The minimum atomic E-state index is -0.339. The van der Waals surface area contributed by atoms with Crippen molar-refractivity contribution in [3.05, 3.63) is 64.0 Å². The Morgan fingerprint density at radius 3 is 2.73 bits per heavy atom. The topological polar surface area (TPSA) is 43.1 Å². The molecule has 0 unspecified atom stereocenters. The van der Waals surface area contributed by atoms with E-state index in [1.54, 1.807) is 17.4 Å². The lowest BCUT2D eigenvalue weighted by atomic mass is 10.0. The predicted molar refractivity (Wildman–Crippen MR) is 90.6 cm³/mol. The third-order valence-corrected chi connectivity index (χ3v) is 4.77. The van der Waals surface area contributed by atoms with Crippen LogP contribution in [-0.2, 0) is 0 Å². The number of nitrogens with zero attached hydrogens (tertiary/aromatic N) is 1. The van der Waals surface area contributed by atoms with Crippen molar-refractivity contribution in [2.75, 3.05) is 0 Å². The standard InChI is InChI=1S/C18H13NO2S/c1-10-7-11(2)17-12(8-10)13(9-16(20)21-17)18-19-14-5-3-4-6-15(14)22-18/h3-9H,1-2H3. The van der Waals surface area contributed by atoms with E-state index in [-0.39, 0.29) is 5.63 Å². The van der Waals surface area contributed by atoms with Crippen molar-refractivity contribution in [1.29, 1.82) is 0 Å². The maximum absolute atomic E-state index is 11.9. The van der Waals surface area contributed by atoms with Gasteiger partial charge in [-0.2, -0.15) is 0 Å². The van der Waals surface area contributed by atoms with Gasteiger partial charge in [0.2, 0.25) is 0 Å². The molecule has 4 heteroatoms. The normalized spacial score (nSPS) is 11.4. The summed E-state index contributed by atoms with van der Waals surface area (Å²) in [4.78, 5) is 16.6. The molecule has 0 aliphatic heterocycles. The summed E-state index contributed by atoms with van der Waals surface area (Å²) in [6.45, 7) is 4.00. The summed E-state index contributed by atoms with van der Waals surface area (Å²) in [7, 11) is 0. The van der Waals surface area contributed by atoms with Crippen LogP contribution in [0.4, 0.5) is 0 Å². The van der Waals surface area contributed by atoms with E-state index in [1.807, 2.05) is 50.2 Å². The van der Waals surface area contributed by atoms with Crippen LogP contribution in [0.2, 0.25) is 0 Å². The number of hydrogen-bond donors (Lipinski definition) is 0. The van der Waals surface area contributed by atoms with Gasteiger partial charge in [-0.25, -0.2) is 9.78 Å². The van der Waals surface area contributed by atoms with Crippen molar-refractivity contribution in [1.82, 2.24) is 4.98 Å². The van der Waals surface area contributed by atoms with E-state index in [1.165, 1.54) is 0 Å². The quantitative estimate of drug-likeness (QED) is 0.479. The second-order valence-electron chi connectivity index (χ2n) is 5.42. The van der Waals surface area contributed by atoms with Crippen LogP contribution in [-0.4, -0.2) is 4.98 Å². The summed E-state index contributed by atoms with van der Waals surface area (Å²) in [6, 6.07) is 13.6. The SMILES string of the molecule is Cc1cc(C)c2oc(=O)cc(-c3nc4ccccc4s3)c2c1. The zero-order chi connectivity index (χ0) is 15.3. The molecular formula is C18H13NO2S. The first kappa shape index (κ1) is 13.2. The van der Waals surface area contributed by atoms with E-state index in [9.17, 15) is 4.79 Å². The average Bonchev–Trinajstić information content (AvgIpc) is 2.91. The van der Waals surface area contributed by atoms with Gasteiger partial charge in [-0.3, -0.25) is 0 Å². The Hall–Kier alpha value is -2.46. The van der Waals surface area contributed by atoms with Gasteiger partial charge >= 0.3 is 5.63 Å². The fourth-order valence-corrected chi connectivity index (χ4v) is 3.78. The molecule has 2 aromatic heterocycles. The van der Waals surface area contributed by atoms with Crippen molar-refractivity contribution in [2.24, 2.45) is 0 Å². The molecule has 4 aromatic rings. The number of rotatable bonds is 1. The van der Waals surface area contributed by atoms with Crippen LogP contribution in [0.25, 0.3) is 31.8 Å². The molecule has 0 aliphatic carbocycles. The van der Waals surface area contributed by atoms with Crippen molar-refractivity contribution < 1.29 is 4.42 Å². The lowest BCUT2D eigenvalue weighted by Gasteiger charge is -2.06. The molecular weight excluding hydrogens is 294 g/mol. The molecule has 0 saturated heterocycles. The molecule has 22 heavy (non-hydrogen) atoms. The first-order chi connectivity index (χ1) is 10.6. The smallest absolute Gasteiger partial charge is 0.336 e. The van der Waals surface area contributed by atoms with Gasteiger partial charge in [0.25, 0.3) is 0 Å². The second-order valence-corrected chi connectivity index (χ2v) is 6.46. The van der Waals surface area contributed by atoms with Gasteiger partial charge in [0.05, 0.1) is 10.2 Å². The second kappa shape index (κ2) is 4.78. The molecule has 0 amide bonds. The van der Waals surface area contributed by atoms with E-state index >= 15 is 0 Å². The number of thiazole rings is 1. The Labute approximate surface area is 130 Å². The van der Waals surface area contributed by atoms with Gasteiger partial charge in [-0.15, -0.1) is 11.3 Å². The van der Waals surface area contributed by atoms with Gasteiger partial charge in [-0.05, 0) is 43.2 Å². The highest BCUT2D eigenvalue weighted by Crippen LogP contribution is 2.34. The van der Waals surface area contributed by atoms with Crippen LogP contribution in [0.15, 0.2) is 51.7 Å². The highest BCUT2D eigenvalue weighted by atomic mass is 32.1. The summed E-state index contributed by atoms with van der Waals surface area (Å²) >= 11 is 1.59. The Morgan fingerprint density at radius 2 is 1.91 bits per heavy atom. The summed E-state index contributed by atoms with van der Waals surface area (Å²) < 4.78 is 6.52. The first-order valence-electron chi connectivity index (χ1n) is 7.03. The van der Waals surface area contributed by atoms with Crippen LogP contribution in [0.1, 0.15) is 11.1 Å². The Kier molecular flexibility index (Phi) is 2.87. The number of hydrogen-bond acceptors (Lipinski definition) is 4. The summed E-state index contributed by atoms with van der Waals surface area (Å²) in [5, 5.41) is 1.79. The number of para-hydroxylation sites is 1. The van der Waals surface area contributed by atoms with Crippen LogP contribution in [0.3, 0.4) is 0 Å². The zero-order valence-corrected chi connectivity index (χ0v) is 13.0. The molecule has 0 fully saturated rings. The maximum atomic E-state index is 11.9. The number of aromatic nitrogens is 1. The highest BCUT2D eigenvalue weighted by molar-refractivity contribution is 7.21. The molecule has 0 bridgehead atoms. The van der Waals surface area contributed by atoms with Crippen LogP contribution in [0, 0.1) is 13.8 Å². The summed E-state index contributed by atoms with van der Waals surface area (Å²) in [5.74, 6) is 0. The third kappa shape index (κ3) is 2.04. The van der Waals surface area contributed by atoms with Gasteiger partial charge in [-0.1, -0.05) is 18.2 Å². The van der Waals surface area contributed by atoms with Crippen molar-refractivity contribution >= 4 is 32.5 Å². The minimum Gasteiger partial charge on any atom is -0.422 e. The third-order valence-electron chi connectivity index (χ3n) is 3.70. The first-order valence-corrected chi connectivity index (χ1v) is 7.84. The van der Waals surface area contributed by atoms with Gasteiger partial charge in [0, 0.05) is 17.0 Å². The summed E-state index contributed by atoms with van der Waals surface area (Å²) in [6.07, 6.45) is 0. The predicted octanol–water partition coefficient (Wildman–Crippen LogP) is 4.69. The van der Waals surface area contributed by atoms with Crippen molar-refractivity contribution in [3.63, 3.8) is 0 Å². The fraction of sp³-hybridized carbons (Fsp3) is 0.111. The van der Waals surface area contributed by atoms with Gasteiger partial charge < -0.3 is 4.42 Å². The largest absolute Gasteiger partial charge is 0.422 e. The summed E-state index contributed by atoms with van der Waals surface area (Å²) in [5.41, 5.74) is 4.21. The van der Waals surface area contributed by atoms with E-state index < -0.39 is 0 Å². The van der Waals surface area contributed by atoms with Gasteiger partial charge in [0.1, 0.15) is 10.6 Å². The van der Waals surface area contributed by atoms with E-state index in [0.29, 0.717) is 5.58 Å². The van der Waals surface area contributed by atoms with E-state index in [2.05, 4.69) is 4.98 Å². The monoisotopic (exact) mass is 307 g/mol. The van der Waals surface area contributed by atoms with Gasteiger partial charge in [0.15, 0.2) is 0 Å². The number of fused-ring (bicyclic) bond motifs is 2. The Bertz CT molecular complexity index is 1040. The maximum Gasteiger partial charge on any atom is 0.336 e. The average molecular weight is 307 g/mol. The molecule has 0 N–H and O–H groups in total. The molecule has 0 saturated carbocycles.